The average molecular weight is 442 g/mol. The summed E-state index contributed by atoms with van der Waals surface area (Å²) in [6, 6.07) is 18.9. The van der Waals surface area contributed by atoms with E-state index in [0.717, 1.165) is 22.0 Å². The number of nitrogens with zero attached hydrogens (tertiary/aromatic N) is 4. The molecule has 0 bridgehead atoms. The van der Waals surface area contributed by atoms with Gasteiger partial charge in [0.15, 0.2) is 0 Å². The number of anilines is 1. The molecule has 0 saturated carbocycles. The van der Waals surface area contributed by atoms with Crippen LogP contribution in [0.15, 0.2) is 84.6 Å². The van der Waals surface area contributed by atoms with E-state index < -0.39 is 0 Å². The Morgan fingerprint density at radius 1 is 1.03 bits per heavy atom. The molecule has 1 N–H and O–H groups in total. The zero-order valence-electron chi connectivity index (χ0n) is 17.0. The summed E-state index contributed by atoms with van der Waals surface area (Å²) >= 11 is 1.48. The zero-order chi connectivity index (χ0) is 21.8. The number of nitrogens with one attached hydrogen (secondary N) is 1. The Morgan fingerprint density at radius 2 is 1.97 bits per heavy atom. The van der Waals surface area contributed by atoms with Crippen molar-refractivity contribution in [2.45, 2.75) is 13.0 Å². The van der Waals surface area contributed by atoms with Crippen LogP contribution >= 0.6 is 11.3 Å². The first kappa shape index (κ1) is 19.9. The second kappa shape index (κ2) is 8.99. The number of aromatic nitrogens is 4. The molecule has 1 amide bonds. The SMILES string of the molecule is O=C(Cc1csc(-c2ccccn2)n1)Nc1cccc(OCc2cn3ccccc3n2)c1. The average Bonchev–Trinajstić information content (AvgIpc) is 3.45. The Balaban J connectivity index is 1.19. The Labute approximate surface area is 188 Å². The van der Waals surface area contributed by atoms with Crippen LogP contribution in [0, 0.1) is 0 Å². The summed E-state index contributed by atoms with van der Waals surface area (Å²) in [5.41, 5.74) is 3.90. The number of carbonyl (C=O) groups is 1. The summed E-state index contributed by atoms with van der Waals surface area (Å²) in [6.07, 6.45) is 5.81. The molecule has 8 heteroatoms. The lowest BCUT2D eigenvalue weighted by Gasteiger charge is -2.08. The molecule has 0 spiro atoms. The van der Waals surface area contributed by atoms with Crippen LogP contribution in [-0.4, -0.2) is 25.3 Å². The quantitative estimate of drug-likeness (QED) is 0.399. The molecule has 5 rings (SSSR count). The lowest BCUT2D eigenvalue weighted by Crippen LogP contribution is -2.14. The third-order valence-corrected chi connectivity index (χ3v) is 5.61. The Kier molecular flexibility index (Phi) is 5.59. The van der Waals surface area contributed by atoms with Gasteiger partial charge < -0.3 is 14.5 Å². The Hall–Kier alpha value is -4.04. The number of thiazole rings is 1. The maximum atomic E-state index is 12.5. The van der Waals surface area contributed by atoms with Gasteiger partial charge >= 0.3 is 0 Å². The molecule has 0 fully saturated rings. The van der Waals surface area contributed by atoms with Crippen LogP contribution in [0.3, 0.4) is 0 Å². The second-order valence-electron chi connectivity index (χ2n) is 7.10. The molecule has 0 radical (unpaired) electrons. The number of ether oxygens (including phenoxy) is 1. The number of pyridine rings is 2. The minimum atomic E-state index is -0.139. The third-order valence-electron chi connectivity index (χ3n) is 4.70. The first-order chi connectivity index (χ1) is 15.7. The first-order valence-corrected chi connectivity index (χ1v) is 10.9. The molecule has 4 aromatic heterocycles. The highest BCUT2D eigenvalue weighted by molar-refractivity contribution is 7.13. The highest BCUT2D eigenvalue weighted by atomic mass is 32.1. The number of imidazole rings is 1. The number of carbonyl (C=O) groups excluding carboxylic acids is 1. The van der Waals surface area contributed by atoms with Crippen LogP contribution in [0.4, 0.5) is 5.69 Å². The standard InChI is InChI=1S/C24H19N5O2S/c30-23(13-18-16-32-24(28-18)21-8-1-3-10-25-21)27-17-6-5-7-20(12-17)31-15-19-14-29-11-4-2-9-22(29)26-19/h1-12,14,16H,13,15H2,(H,27,30). The van der Waals surface area contributed by atoms with E-state index in [1.165, 1.54) is 11.3 Å². The molecule has 0 saturated heterocycles. The van der Waals surface area contributed by atoms with Crippen LogP contribution < -0.4 is 10.1 Å². The maximum absolute atomic E-state index is 12.5. The molecule has 32 heavy (non-hydrogen) atoms. The largest absolute Gasteiger partial charge is 0.487 e. The van der Waals surface area contributed by atoms with Crippen LogP contribution in [0.1, 0.15) is 11.4 Å². The van der Waals surface area contributed by atoms with Gasteiger partial charge in [-0.3, -0.25) is 9.78 Å². The summed E-state index contributed by atoms with van der Waals surface area (Å²) in [6.45, 7) is 0.341. The van der Waals surface area contributed by atoms with Gasteiger partial charge in [-0.15, -0.1) is 11.3 Å². The highest BCUT2D eigenvalue weighted by Gasteiger charge is 2.10. The molecule has 0 aliphatic rings. The third kappa shape index (κ3) is 4.65. The van der Waals surface area contributed by atoms with Crippen LogP contribution in [0.25, 0.3) is 16.3 Å². The molecule has 158 valence electrons. The molecule has 0 aliphatic heterocycles. The Morgan fingerprint density at radius 3 is 2.84 bits per heavy atom. The second-order valence-corrected chi connectivity index (χ2v) is 7.96. The van der Waals surface area contributed by atoms with Crippen molar-refractivity contribution < 1.29 is 9.53 Å². The molecule has 0 atom stereocenters. The fourth-order valence-corrected chi connectivity index (χ4v) is 4.04. The van der Waals surface area contributed by atoms with Crippen molar-refractivity contribution in [2.24, 2.45) is 0 Å². The fraction of sp³-hybridized carbons (Fsp3) is 0.0833. The van der Waals surface area contributed by atoms with Crippen LogP contribution in [0.2, 0.25) is 0 Å². The number of fused-ring (bicyclic) bond motifs is 1. The summed E-state index contributed by atoms with van der Waals surface area (Å²) in [4.78, 5) is 25.8. The van der Waals surface area contributed by atoms with Crippen molar-refractivity contribution in [3.8, 4) is 16.5 Å². The van der Waals surface area contributed by atoms with Crippen molar-refractivity contribution in [1.29, 1.82) is 0 Å². The van der Waals surface area contributed by atoms with Crippen molar-refractivity contribution in [2.75, 3.05) is 5.32 Å². The lowest BCUT2D eigenvalue weighted by molar-refractivity contribution is -0.115. The minimum Gasteiger partial charge on any atom is -0.487 e. The molecule has 5 aromatic rings. The predicted molar refractivity (Wildman–Crippen MR) is 124 cm³/mol. The van der Waals surface area contributed by atoms with Crippen molar-refractivity contribution in [3.63, 3.8) is 0 Å². The van der Waals surface area contributed by atoms with Gasteiger partial charge in [0.05, 0.1) is 23.5 Å². The topological polar surface area (TPSA) is 81.4 Å². The molecule has 7 nitrogen and oxygen atoms in total. The molecule has 0 aliphatic carbocycles. The van der Waals surface area contributed by atoms with Gasteiger partial charge in [-0.1, -0.05) is 18.2 Å². The fourth-order valence-electron chi connectivity index (χ4n) is 3.24. The Bertz CT molecular complexity index is 1330. The summed E-state index contributed by atoms with van der Waals surface area (Å²) in [5, 5.41) is 5.60. The molecule has 1 aromatic carbocycles. The predicted octanol–water partition coefficient (Wildman–Crippen LogP) is 4.61. The van der Waals surface area contributed by atoms with Crippen molar-refractivity contribution in [1.82, 2.24) is 19.4 Å². The highest BCUT2D eigenvalue weighted by Crippen LogP contribution is 2.22. The van der Waals surface area contributed by atoms with E-state index in [1.807, 2.05) is 76.8 Å². The number of amides is 1. The van der Waals surface area contributed by atoms with E-state index in [1.54, 1.807) is 12.3 Å². The summed E-state index contributed by atoms with van der Waals surface area (Å²) in [7, 11) is 0. The summed E-state index contributed by atoms with van der Waals surface area (Å²) in [5.74, 6) is 0.520. The van der Waals surface area contributed by atoms with E-state index in [0.29, 0.717) is 23.7 Å². The van der Waals surface area contributed by atoms with Gasteiger partial charge in [0.25, 0.3) is 0 Å². The lowest BCUT2D eigenvalue weighted by atomic mass is 10.2. The van der Waals surface area contributed by atoms with Gasteiger partial charge in [-0.25, -0.2) is 9.97 Å². The van der Waals surface area contributed by atoms with Crippen LogP contribution in [-0.2, 0) is 17.8 Å². The minimum absolute atomic E-state index is 0.139. The number of hydrogen-bond acceptors (Lipinski definition) is 6. The molecule has 4 heterocycles. The molecule has 0 unspecified atom stereocenters. The monoisotopic (exact) mass is 441 g/mol. The van der Waals surface area contributed by atoms with E-state index >= 15 is 0 Å². The van der Waals surface area contributed by atoms with Crippen molar-refractivity contribution in [3.05, 3.63) is 96.0 Å². The van der Waals surface area contributed by atoms with E-state index in [-0.39, 0.29) is 12.3 Å². The zero-order valence-corrected chi connectivity index (χ0v) is 17.8. The van der Waals surface area contributed by atoms with Crippen molar-refractivity contribution >= 4 is 28.6 Å². The van der Waals surface area contributed by atoms with Gasteiger partial charge in [-0.2, -0.15) is 0 Å². The van der Waals surface area contributed by atoms with E-state index in [4.69, 9.17) is 4.74 Å². The number of hydrogen-bond donors (Lipinski definition) is 1. The number of benzene rings is 1. The van der Waals surface area contributed by atoms with Gasteiger partial charge in [0.2, 0.25) is 5.91 Å². The van der Waals surface area contributed by atoms with Gasteiger partial charge in [0.1, 0.15) is 23.0 Å². The number of rotatable bonds is 7. The summed E-state index contributed by atoms with van der Waals surface area (Å²) < 4.78 is 7.82. The first-order valence-electron chi connectivity index (χ1n) is 10.0. The van der Waals surface area contributed by atoms with E-state index in [9.17, 15) is 4.79 Å². The van der Waals surface area contributed by atoms with Gasteiger partial charge in [0, 0.05) is 35.7 Å². The smallest absolute Gasteiger partial charge is 0.230 e. The van der Waals surface area contributed by atoms with Gasteiger partial charge in [-0.05, 0) is 36.4 Å². The molecular formula is C24H19N5O2S. The normalized spacial score (nSPS) is 10.9. The van der Waals surface area contributed by atoms with E-state index in [2.05, 4.69) is 20.3 Å². The van der Waals surface area contributed by atoms with Crippen LogP contribution in [0.5, 0.6) is 5.75 Å². The maximum Gasteiger partial charge on any atom is 0.230 e. The molecular weight excluding hydrogens is 422 g/mol.